The van der Waals surface area contributed by atoms with E-state index in [0.717, 1.165) is 6.42 Å². The first-order chi connectivity index (χ1) is 8.50. The molecular formula is C16H24O3. The molecule has 1 rings (SSSR count). The monoisotopic (exact) mass is 264 g/mol. The van der Waals surface area contributed by atoms with Crippen molar-refractivity contribution in [2.45, 2.75) is 58.8 Å². The highest BCUT2D eigenvalue weighted by atomic mass is 16.4. The number of phenolic OH excluding ortho intramolecular Hbond substituents is 1. The third-order valence-corrected chi connectivity index (χ3v) is 3.78. The summed E-state index contributed by atoms with van der Waals surface area (Å²) in [6, 6.07) is 3.17. The highest BCUT2D eigenvalue weighted by Crippen LogP contribution is 2.41. The number of benzene rings is 1. The van der Waals surface area contributed by atoms with Crippen molar-refractivity contribution in [3.63, 3.8) is 0 Å². The lowest BCUT2D eigenvalue weighted by atomic mass is 9.76. The van der Waals surface area contributed by atoms with Crippen molar-refractivity contribution >= 4 is 5.97 Å². The lowest BCUT2D eigenvalue weighted by Crippen LogP contribution is -2.20. The number of hydrogen-bond acceptors (Lipinski definition) is 2. The van der Waals surface area contributed by atoms with Crippen LogP contribution in [0.1, 0.15) is 69.4 Å². The summed E-state index contributed by atoms with van der Waals surface area (Å²) in [7, 11) is 0. The maximum atomic E-state index is 11.3. The Morgan fingerprint density at radius 1 is 1.11 bits per heavy atom. The van der Waals surface area contributed by atoms with E-state index in [9.17, 15) is 15.0 Å². The summed E-state index contributed by atoms with van der Waals surface area (Å²) in [5.41, 5.74) is 1.08. The Balaban J connectivity index is 3.65. The Morgan fingerprint density at radius 2 is 1.58 bits per heavy atom. The van der Waals surface area contributed by atoms with Gasteiger partial charge in [-0.2, -0.15) is 0 Å². The first kappa shape index (κ1) is 15.5. The molecule has 0 radical (unpaired) electrons. The fourth-order valence-electron chi connectivity index (χ4n) is 2.04. The van der Waals surface area contributed by atoms with Gasteiger partial charge in [0.2, 0.25) is 0 Å². The van der Waals surface area contributed by atoms with Gasteiger partial charge in [-0.25, -0.2) is 4.79 Å². The number of phenols is 1. The second-order valence-corrected chi connectivity index (χ2v) is 6.71. The molecule has 0 fully saturated rings. The topological polar surface area (TPSA) is 57.5 Å². The fraction of sp³-hybridized carbons (Fsp3) is 0.562. The zero-order valence-corrected chi connectivity index (χ0v) is 12.7. The SMILES string of the molecule is CCC(C)(C)c1cc(C(=O)O)cc(C(C)(C)C)c1O. The van der Waals surface area contributed by atoms with Crippen molar-refractivity contribution in [3.8, 4) is 5.75 Å². The molecule has 3 heteroatoms. The van der Waals surface area contributed by atoms with E-state index < -0.39 is 5.97 Å². The number of hydrogen-bond donors (Lipinski definition) is 2. The van der Waals surface area contributed by atoms with Crippen molar-refractivity contribution in [2.75, 3.05) is 0 Å². The zero-order valence-electron chi connectivity index (χ0n) is 12.7. The molecule has 0 unspecified atom stereocenters. The quantitative estimate of drug-likeness (QED) is 0.865. The lowest BCUT2D eigenvalue weighted by Gasteiger charge is -2.29. The summed E-state index contributed by atoms with van der Waals surface area (Å²) in [6.07, 6.45) is 0.827. The second kappa shape index (κ2) is 4.87. The molecule has 19 heavy (non-hydrogen) atoms. The minimum Gasteiger partial charge on any atom is -0.507 e. The van der Waals surface area contributed by atoms with E-state index in [-0.39, 0.29) is 22.1 Å². The van der Waals surface area contributed by atoms with Crippen molar-refractivity contribution < 1.29 is 15.0 Å². The molecule has 0 aliphatic carbocycles. The van der Waals surface area contributed by atoms with Crippen LogP contribution < -0.4 is 0 Å². The van der Waals surface area contributed by atoms with E-state index in [1.807, 2.05) is 41.5 Å². The Kier molecular flexibility index (Phi) is 3.99. The van der Waals surface area contributed by atoms with Crippen LogP contribution in [0.3, 0.4) is 0 Å². The maximum Gasteiger partial charge on any atom is 0.335 e. The van der Waals surface area contributed by atoms with Crippen LogP contribution in [0.4, 0.5) is 0 Å². The van der Waals surface area contributed by atoms with Crippen LogP contribution >= 0.6 is 0 Å². The van der Waals surface area contributed by atoms with Gasteiger partial charge in [-0.3, -0.25) is 0 Å². The van der Waals surface area contributed by atoms with Crippen LogP contribution in [-0.4, -0.2) is 16.2 Å². The second-order valence-electron chi connectivity index (χ2n) is 6.71. The minimum absolute atomic E-state index is 0.226. The van der Waals surface area contributed by atoms with Gasteiger partial charge in [0.15, 0.2) is 0 Å². The van der Waals surface area contributed by atoms with E-state index in [0.29, 0.717) is 11.1 Å². The van der Waals surface area contributed by atoms with Gasteiger partial charge < -0.3 is 10.2 Å². The smallest absolute Gasteiger partial charge is 0.335 e. The van der Waals surface area contributed by atoms with Crippen molar-refractivity contribution in [2.24, 2.45) is 0 Å². The van der Waals surface area contributed by atoms with Gasteiger partial charge in [0, 0.05) is 11.1 Å². The molecular weight excluding hydrogens is 240 g/mol. The zero-order chi connectivity index (χ0) is 15.0. The summed E-state index contributed by atoms with van der Waals surface area (Å²) in [5, 5.41) is 19.8. The molecule has 3 nitrogen and oxygen atoms in total. The van der Waals surface area contributed by atoms with Crippen LogP contribution in [0.25, 0.3) is 0 Å². The summed E-state index contributed by atoms with van der Waals surface area (Å²) in [5.74, 6) is -0.733. The summed E-state index contributed by atoms with van der Waals surface area (Å²) in [4.78, 5) is 11.3. The van der Waals surface area contributed by atoms with Gasteiger partial charge in [-0.1, -0.05) is 41.5 Å². The number of carbonyl (C=O) groups is 1. The molecule has 0 aliphatic heterocycles. The standard InChI is InChI=1S/C16H24O3/c1-7-16(5,6)12-9-10(14(18)19)8-11(13(12)17)15(2,3)4/h8-9,17H,7H2,1-6H3,(H,18,19). The molecule has 106 valence electrons. The highest BCUT2D eigenvalue weighted by Gasteiger charge is 2.29. The van der Waals surface area contributed by atoms with Crippen LogP contribution in [0.5, 0.6) is 5.75 Å². The highest BCUT2D eigenvalue weighted by molar-refractivity contribution is 5.88. The lowest BCUT2D eigenvalue weighted by molar-refractivity contribution is 0.0696. The number of aromatic hydroxyl groups is 1. The van der Waals surface area contributed by atoms with Gasteiger partial charge in [-0.15, -0.1) is 0 Å². The molecule has 0 amide bonds. The predicted molar refractivity (Wildman–Crippen MR) is 77.1 cm³/mol. The molecule has 0 aliphatic rings. The Hall–Kier alpha value is -1.51. The Morgan fingerprint density at radius 3 is 1.95 bits per heavy atom. The number of carboxylic acids is 1. The van der Waals surface area contributed by atoms with Gasteiger partial charge in [0.25, 0.3) is 0 Å². The van der Waals surface area contributed by atoms with E-state index in [4.69, 9.17) is 0 Å². The molecule has 0 spiro atoms. The van der Waals surface area contributed by atoms with E-state index in [1.165, 1.54) is 0 Å². The first-order valence-electron chi connectivity index (χ1n) is 6.62. The van der Waals surface area contributed by atoms with Crippen LogP contribution in [-0.2, 0) is 10.8 Å². The Labute approximate surface area is 115 Å². The Bertz CT molecular complexity index is 493. The first-order valence-corrected chi connectivity index (χ1v) is 6.62. The van der Waals surface area contributed by atoms with Gasteiger partial charge in [-0.05, 0) is 29.4 Å². The van der Waals surface area contributed by atoms with E-state index >= 15 is 0 Å². The molecule has 0 saturated carbocycles. The van der Waals surface area contributed by atoms with Crippen LogP contribution in [0, 0.1) is 0 Å². The summed E-state index contributed by atoms with van der Waals surface area (Å²) in [6.45, 7) is 12.0. The van der Waals surface area contributed by atoms with E-state index in [1.54, 1.807) is 12.1 Å². The summed E-state index contributed by atoms with van der Waals surface area (Å²) < 4.78 is 0. The number of aromatic carboxylic acids is 1. The van der Waals surface area contributed by atoms with Gasteiger partial charge in [0.05, 0.1) is 5.56 Å². The van der Waals surface area contributed by atoms with Gasteiger partial charge >= 0.3 is 5.97 Å². The van der Waals surface area contributed by atoms with Crippen LogP contribution in [0.2, 0.25) is 0 Å². The predicted octanol–water partition coefficient (Wildman–Crippen LogP) is 4.08. The number of carboxylic acid groups (broad SMARTS) is 1. The van der Waals surface area contributed by atoms with Crippen molar-refractivity contribution in [1.29, 1.82) is 0 Å². The molecule has 0 heterocycles. The molecule has 0 saturated heterocycles. The maximum absolute atomic E-state index is 11.3. The fourth-order valence-corrected chi connectivity index (χ4v) is 2.04. The van der Waals surface area contributed by atoms with E-state index in [2.05, 4.69) is 0 Å². The average Bonchev–Trinajstić information content (AvgIpc) is 2.27. The normalized spacial score (nSPS) is 12.5. The largest absolute Gasteiger partial charge is 0.507 e. The van der Waals surface area contributed by atoms with Gasteiger partial charge in [0.1, 0.15) is 5.75 Å². The third-order valence-electron chi connectivity index (χ3n) is 3.78. The third kappa shape index (κ3) is 3.09. The summed E-state index contributed by atoms with van der Waals surface area (Å²) >= 11 is 0. The van der Waals surface area contributed by atoms with Crippen molar-refractivity contribution in [1.82, 2.24) is 0 Å². The molecule has 2 N–H and O–H groups in total. The molecule has 0 aromatic heterocycles. The van der Waals surface area contributed by atoms with Crippen LogP contribution in [0.15, 0.2) is 12.1 Å². The molecule has 1 aromatic carbocycles. The molecule has 0 bridgehead atoms. The van der Waals surface area contributed by atoms with Crippen molar-refractivity contribution in [3.05, 3.63) is 28.8 Å². The molecule has 1 aromatic rings. The number of rotatable bonds is 3. The average molecular weight is 264 g/mol. The minimum atomic E-state index is -0.960. The molecule has 0 atom stereocenters.